The molecule has 1 aliphatic carbocycles. The van der Waals surface area contributed by atoms with Crippen molar-refractivity contribution in [2.24, 2.45) is 5.73 Å². The number of benzene rings is 1. The van der Waals surface area contributed by atoms with Crippen molar-refractivity contribution in [1.29, 1.82) is 0 Å². The standard InChI is InChI=1S/C9H11IN2/c10-6-3-1-5-2-4-7(11)8(5)9(6)12/h1,3,7H,2,4,11-12H2/t7-/m1/s1. The van der Waals surface area contributed by atoms with Crippen LogP contribution in [0.25, 0.3) is 0 Å². The summed E-state index contributed by atoms with van der Waals surface area (Å²) in [7, 11) is 0. The minimum atomic E-state index is 0.162. The van der Waals surface area contributed by atoms with E-state index in [2.05, 4.69) is 34.7 Å². The molecule has 0 aliphatic heterocycles. The number of nitrogen functional groups attached to an aromatic ring is 1. The summed E-state index contributed by atoms with van der Waals surface area (Å²) in [6.07, 6.45) is 2.12. The zero-order valence-corrected chi connectivity index (χ0v) is 8.84. The fraction of sp³-hybridized carbons (Fsp3) is 0.333. The Hall–Kier alpha value is -0.290. The van der Waals surface area contributed by atoms with Crippen molar-refractivity contribution in [3.63, 3.8) is 0 Å². The Bertz CT molecular complexity index is 323. The van der Waals surface area contributed by atoms with Gasteiger partial charge in [0, 0.05) is 9.61 Å². The van der Waals surface area contributed by atoms with Gasteiger partial charge in [-0.2, -0.15) is 0 Å². The van der Waals surface area contributed by atoms with Gasteiger partial charge in [-0.3, -0.25) is 0 Å². The summed E-state index contributed by atoms with van der Waals surface area (Å²) in [6, 6.07) is 4.36. The highest BCUT2D eigenvalue weighted by atomic mass is 127. The molecule has 4 N–H and O–H groups in total. The third-order valence-electron chi connectivity index (χ3n) is 2.42. The maximum Gasteiger partial charge on any atom is 0.0500 e. The van der Waals surface area contributed by atoms with E-state index in [1.165, 1.54) is 11.1 Å². The van der Waals surface area contributed by atoms with Gasteiger partial charge in [0.1, 0.15) is 0 Å². The topological polar surface area (TPSA) is 52.0 Å². The maximum absolute atomic E-state index is 5.94. The Kier molecular flexibility index (Phi) is 2.00. The number of anilines is 1. The smallest absolute Gasteiger partial charge is 0.0500 e. The van der Waals surface area contributed by atoms with Gasteiger partial charge in [0.05, 0.1) is 5.69 Å². The molecule has 0 radical (unpaired) electrons. The van der Waals surface area contributed by atoms with E-state index < -0.39 is 0 Å². The highest BCUT2D eigenvalue weighted by Gasteiger charge is 2.22. The van der Waals surface area contributed by atoms with Crippen LogP contribution in [-0.4, -0.2) is 0 Å². The first-order valence-electron chi connectivity index (χ1n) is 4.02. The van der Waals surface area contributed by atoms with Gasteiger partial charge in [-0.15, -0.1) is 0 Å². The fourth-order valence-electron chi connectivity index (χ4n) is 1.77. The second-order valence-corrected chi connectivity index (χ2v) is 4.34. The van der Waals surface area contributed by atoms with Crippen LogP contribution in [0.2, 0.25) is 0 Å². The van der Waals surface area contributed by atoms with E-state index in [9.17, 15) is 0 Å². The van der Waals surface area contributed by atoms with Gasteiger partial charge in [0.15, 0.2) is 0 Å². The first kappa shape index (κ1) is 8.31. The molecule has 0 heterocycles. The third kappa shape index (κ3) is 1.11. The molecule has 0 saturated heterocycles. The number of rotatable bonds is 0. The molecule has 1 aromatic rings. The van der Waals surface area contributed by atoms with Crippen LogP contribution < -0.4 is 11.5 Å². The minimum Gasteiger partial charge on any atom is -0.398 e. The molecule has 12 heavy (non-hydrogen) atoms. The van der Waals surface area contributed by atoms with Crippen LogP contribution in [0.5, 0.6) is 0 Å². The van der Waals surface area contributed by atoms with Gasteiger partial charge >= 0.3 is 0 Å². The lowest BCUT2D eigenvalue weighted by Crippen LogP contribution is -2.08. The van der Waals surface area contributed by atoms with Gasteiger partial charge in [-0.25, -0.2) is 0 Å². The fourth-order valence-corrected chi connectivity index (χ4v) is 2.24. The summed E-state index contributed by atoms with van der Waals surface area (Å²) in [4.78, 5) is 0. The van der Waals surface area contributed by atoms with Gasteiger partial charge < -0.3 is 11.5 Å². The summed E-state index contributed by atoms with van der Waals surface area (Å²) in [5, 5.41) is 0. The Morgan fingerprint density at radius 2 is 2.17 bits per heavy atom. The second-order valence-electron chi connectivity index (χ2n) is 3.18. The van der Waals surface area contributed by atoms with Crippen molar-refractivity contribution >= 4 is 28.3 Å². The molecule has 3 heteroatoms. The number of aryl methyl sites for hydroxylation is 1. The molecule has 1 aliphatic rings. The van der Waals surface area contributed by atoms with Crippen LogP contribution in [0.1, 0.15) is 23.6 Å². The van der Waals surface area contributed by atoms with E-state index in [-0.39, 0.29) is 6.04 Å². The summed E-state index contributed by atoms with van der Waals surface area (Å²) < 4.78 is 1.11. The molecule has 0 amide bonds. The van der Waals surface area contributed by atoms with E-state index in [0.29, 0.717) is 0 Å². The summed E-state index contributed by atoms with van der Waals surface area (Å²) in [6.45, 7) is 0. The zero-order chi connectivity index (χ0) is 8.72. The van der Waals surface area contributed by atoms with Crippen LogP contribution in [0.4, 0.5) is 5.69 Å². The van der Waals surface area contributed by atoms with Crippen LogP contribution in [-0.2, 0) is 6.42 Å². The quantitative estimate of drug-likeness (QED) is 0.560. The predicted octanol–water partition coefficient (Wildman–Crippen LogP) is 1.82. The van der Waals surface area contributed by atoms with Crippen molar-refractivity contribution in [1.82, 2.24) is 0 Å². The molecule has 2 rings (SSSR count). The first-order valence-corrected chi connectivity index (χ1v) is 5.10. The molecule has 0 saturated carbocycles. The Balaban J connectivity index is 2.63. The molecule has 0 unspecified atom stereocenters. The highest BCUT2D eigenvalue weighted by molar-refractivity contribution is 14.1. The lowest BCUT2D eigenvalue weighted by Gasteiger charge is -2.09. The molecule has 0 bridgehead atoms. The van der Waals surface area contributed by atoms with Gasteiger partial charge in [-0.1, -0.05) is 6.07 Å². The molecule has 64 valence electrons. The Morgan fingerprint density at radius 3 is 2.92 bits per heavy atom. The number of hydrogen-bond acceptors (Lipinski definition) is 2. The summed E-state index contributed by atoms with van der Waals surface area (Å²) in [5.41, 5.74) is 15.3. The predicted molar refractivity (Wildman–Crippen MR) is 58.8 cm³/mol. The van der Waals surface area contributed by atoms with Crippen molar-refractivity contribution in [2.75, 3.05) is 5.73 Å². The van der Waals surface area contributed by atoms with Crippen LogP contribution in [0, 0.1) is 3.57 Å². The zero-order valence-electron chi connectivity index (χ0n) is 6.68. The molecule has 1 atom stereocenters. The van der Waals surface area contributed by atoms with Crippen LogP contribution in [0.15, 0.2) is 12.1 Å². The molecular formula is C9H11IN2. The average Bonchev–Trinajstić information content (AvgIpc) is 2.41. The van der Waals surface area contributed by atoms with Crippen molar-refractivity contribution < 1.29 is 0 Å². The van der Waals surface area contributed by atoms with E-state index in [0.717, 1.165) is 22.1 Å². The Morgan fingerprint density at radius 1 is 1.42 bits per heavy atom. The Labute approximate surface area is 85.5 Å². The lowest BCUT2D eigenvalue weighted by molar-refractivity contribution is 0.714. The van der Waals surface area contributed by atoms with E-state index in [1.54, 1.807) is 0 Å². The maximum atomic E-state index is 5.94. The van der Waals surface area contributed by atoms with Crippen LogP contribution in [0.3, 0.4) is 0 Å². The summed E-state index contributed by atoms with van der Waals surface area (Å²) in [5.74, 6) is 0. The molecular weight excluding hydrogens is 263 g/mol. The van der Waals surface area contributed by atoms with Gasteiger partial charge in [0.2, 0.25) is 0 Å². The number of hydrogen-bond donors (Lipinski definition) is 2. The first-order chi connectivity index (χ1) is 5.70. The largest absolute Gasteiger partial charge is 0.398 e. The molecule has 0 spiro atoms. The molecule has 1 aromatic carbocycles. The molecule has 2 nitrogen and oxygen atoms in total. The van der Waals surface area contributed by atoms with Crippen molar-refractivity contribution in [3.05, 3.63) is 26.8 Å². The third-order valence-corrected chi connectivity index (χ3v) is 3.36. The SMILES string of the molecule is Nc1c(I)ccc2c1[C@H](N)CC2. The van der Waals surface area contributed by atoms with Gasteiger partial charge in [-0.05, 0) is 52.6 Å². The van der Waals surface area contributed by atoms with Gasteiger partial charge in [0.25, 0.3) is 0 Å². The molecule has 0 aromatic heterocycles. The monoisotopic (exact) mass is 274 g/mol. The van der Waals surface area contributed by atoms with E-state index in [1.807, 2.05) is 0 Å². The van der Waals surface area contributed by atoms with Crippen molar-refractivity contribution in [3.8, 4) is 0 Å². The highest BCUT2D eigenvalue weighted by Crippen LogP contribution is 2.35. The lowest BCUT2D eigenvalue weighted by atomic mass is 10.1. The van der Waals surface area contributed by atoms with Crippen LogP contribution >= 0.6 is 22.6 Å². The van der Waals surface area contributed by atoms with Crippen molar-refractivity contribution in [2.45, 2.75) is 18.9 Å². The average molecular weight is 274 g/mol. The minimum absolute atomic E-state index is 0.162. The molecule has 0 fully saturated rings. The summed E-state index contributed by atoms with van der Waals surface area (Å²) >= 11 is 2.25. The van der Waals surface area contributed by atoms with E-state index >= 15 is 0 Å². The second kappa shape index (κ2) is 2.88. The van der Waals surface area contributed by atoms with E-state index in [4.69, 9.17) is 11.5 Å². The number of nitrogens with two attached hydrogens (primary N) is 2. The normalized spacial score (nSPS) is 21.0. The number of halogens is 1. The number of fused-ring (bicyclic) bond motifs is 1.